The van der Waals surface area contributed by atoms with Gasteiger partial charge in [0.25, 0.3) is 0 Å². The van der Waals surface area contributed by atoms with E-state index < -0.39 is 0 Å². The molecule has 0 atom stereocenters. The Morgan fingerprint density at radius 3 is 2.28 bits per heavy atom. The molecule has 1 aliphatic rings. The topological polar surface area (TPSA) is 54.5 Å². The zero-order valence-corrected chi connectivity index (χ0v) is 16.3. The lowest BCUT2D eigenvalue weighted by Gasteiger charge is -2.25. The van der Waals surface area contributed by atoms with Gasteiger partial charge in [-0.15, -0.1) is 0 Å². The van der Waals surface area contributed by atoms with Crippen LogP contribution in [-0.4, -0.2) is 24.1 Å². The molecule has 5 nitrogen and oxygen atoms in total. The summed E-state index contributed by atoms with van der Waals surface area (Å²) in [6, 6.07) is 24.5. The molecule has 2 heterocycles. The fraction of sp³-hybridized carbons (Fsp3) is 0.250. The molecule has 0 aliphatic carbocycles. The van der Waals surface area contributed by atoms with E-state index in [0.717, 1.165) is 30.8 Å². The van der Waals surface area contributed by atoms with Gasteiger partial charge in [0, 0.05) is 31.4 Å². The molecule has 148 valence electrons. The Kier molecular flexibility index (Phi) is 6.17. The Labute approximate surface area is 171 Å². The molecule has 0 spiro atoms. The lowest BCUT2D eigenvalue weighted by atomic mass is 9.99. The van der Waals surface area contributed by atoms with E-state index in [-0.39, 0.29) is 11.8 Å². The highest BCUT2D eigenvalue weighted by atomic mass is 16.5. The summed E-state index contributed by atoms with van der Waals surface area (Å²) in [5.74, 6) is 0.611. The van der Waals surface area contributed by atoms with E-state index in [1.165, 1.54) is 5.56 Å². The van der Waals surface area contributed by atoms with E-state index in [9.17, 15) is 4.79 Å². The number of carbonyl (C=O) groups is 1. The zero-order chi connectivity index (χ0) is 19.9. The molecule has 0 saturated carbocycles. The minimum atomic E-state index is 0.00382. The van der Waals surface area contributed by atoms with E-state index in [4.69, 9.17) is 4.74 Å². The van der Waals surface area contributed by atoms with Crippen LogP contribution >= 0.6 is 0 Å². The van der Waals surface area contributed by atoms with Gasteiger partial charge in [-0.2, -0.15) is 0 Å². The number of rotatable bonds is 6. The number of pyridine rings is 1. The molecule has 0 unspecified atom stereocenters. The lowest BCUT2D eigenvalue weighted by molar-refractivity contribution is -0.122. The number of anilines is 3. The molecule has 2 aromatic carbocycles. The fourth-order valence-corrected chi connectivity index (χ4v) is 3.51. The van der Waals surface area contributed by atoms with Crippen molar-refractivity contribution in [1.82, 2.24) is 4.98 Å². The molecule has 1 aromatic heterocycles. The number of ether oxygens (including phenoxy) is 1. The summed E-state index contributed by atoms with van der Waals surface area (Å²) in [6.07, 6.45) is 3.35. The number of nitrogens with one attached hydrogen (secondary N) is 1. The van der Waals surface area contributed by atoms with Crippen LogP contribution in [0.4, 0.5) is 17.2 Å². The lowest BCUT2D eigenvalue weighted by Crippen LogP contribution is -2.28. The summed E-state index contributed by atoms with van der Waals surface area (Å²) in [5, 5.41) is 2.94. The van der Waals surface area contributed by atoms with Crippen LogP contribution < -0.4 is 10.2 Å². The Morgan fingerprint density at radius 2 is 1.62 bits per heavy atom. The average molecular weight is 387 g/mol. The summed E-state index contributed by atoms with van der Waals surface area (Å²) in [7, 11) is 0. The molecule has 1 aliphatic heterocycles. The number of para-hydroxylation sites is 1. The van der Waals surface area contributed by atoms with Crippen molar-refractivity contribution in [3.05, 3.63) is 84.6 Å². The predicted octanol–water partition coefficient (Wildman–Crippen LogP) is 4.79. The number of benzene rings is 2. The molecule has 3 aromatic rings. The monoisotopic (exact) mass is 387 g/mol. The van der Waals surface area contributed by atoms with E-state index >= 15 is 0 Å². The van der Waals surface area contributed by atoms with Crippen molar-refractivity contribution in [2.75, 3.05) is 23.4 Å². The van der Waals surface area contributed by atoms with Crippen molar-refractivity contribution < 1.29 is 9.53 Å². The van der Waals surface area contributed by atoms with Gasteiger partial charge in [0.2, 0.25) is 5.91 Å². The average Bonchev–Trinajstić information content (AvgIpc) is 2.80. The van der Waals surface area contributed by atoms with E-state index in [2.05, 4.69) is 39.5 Å². The van der Waals surface area contributed by atoms with Crippen molar-refractivity contribution in [3.8, 4) is 0 Å². The maximum absolute atomic E-state index is 12.4. The van der Waals surface area contributed by atoms with Crippen molar-refractivity contribution in [1.29, 1.82) is 0 Å². The Morgan fingerprint density at radius 1 is 0.931 bits per heavy atom. The highest BCUT2D eigenvalue weighted by molar-refractivity contribution is 5.91. The SMILES string of the molecule is O=C(Nc1ccc(N(Cc2ccccc2)c2ccccc2)cn1)C1CCOCC1. The third kappa shape index (κ3) is 5.00. The largest absolute Gasteiger partial charge is 0.381 e. The standard InChI is InChI=1S/C24H25N3O2/c28-24(20-13-15-29-16-14-20)26-23-12-11-22(17-25-23)27(21-9-5-2-6-10-21)18-19-7-3-1-4-8-19/h1-12,17,20H,13-16,18H2,(H,25,26,28). The van der Waals surface area contributed by atoms with Crippen molar-refractivity contribution in [2.45, 2.75) is 19.4 Å². The molecule has 29 heavy (non-hydrogen) atoms. The molecular weight excluding hydrogens is 362 g/mol. The van der Waals surface area contributed by atoms with Gasteiger partial charge < -0.3 is 15.0 Å². The van der Waals surface area contributed by atoms with Gasteiger partial charge in [-0.25, -0.2) is 4.98 Å². The van der Waals surface area contributed by atoms with Gasteiger partial charge >= 0.3 is 0 Å². The molecule has 4 rings (SSSR count). The van der Waals surface area contributed by atoms with Crippen LogP contribution in [0, 0.1) is 5.92 Å². The number of amides is 1. The van der Waals surface area contributed by atoms with E-state index in [0.29, 0.717) is 19.0 Å². The normalized spacial score (nSPS) is 14.3. The summed E-state index contributed by atoms with van der Waals surface area (Å²) in [6.45, 7) is 2.03. The van der Waals surface area contributed by atoms with Crippen LogP contribution in [0.3, 0.4) is 0 Å². The molecule has 1 amide bonds. The molecule has 5 heteroatoms. The van der Waals surface area contributed by atoms with Gasteiger partial charge in [0.1, 0.15) is 5.82 Å². The summed E-state index contributed by atoms with van der Waals surface area (Å²) < 4.78 is 5.33. The van der Waals surface area contributed by atoms with Crippen LogP contribution in [-0.2, 0) is 16.1 Å². The molecule has 0 radical (unpaired) electrons. The van der Waals surface area contributed by atoms with Crippen LogP contribution in [0.15, 0.2) is 79.0 Å². The van der Waals surface area contributed by atoms with Gasteiger partial charge in [-0.05, 0) is 42.7 Å². The number of nitrogens with zero attached hydrogens (tertiary/aromatic N) is 2. The first-order valence-electron chi connectivity index (χ1n) is 10.0. The first-order valence-corrected chi connectivity index (χ1v) is 10.0. The van der Waals surface area contributed by atoms with Crippen LogP contribution in [0.25, 0.3) is 0 Å². The zero-order valence-electron chi connectivity index (χ0n) is 16.3. The maximum atomic E-state index is 12.4. The highest BCUT2D eigenvalue weighted by Gasteiger charge is 2.22. The second-order valence-corrected chi connectivity index (χ2v) is 7.18. The van der Waals surface area contributed by atoms with Crippen molar-refractivity contribution >= 4 is 23.1 Å². The Balaban J connectivity index is 1.51. The third-order valence-corrected chi connectivity index (χ3v) is 5.15. The Hall–Kier alpha value is -3.18. The number of carbonyl (C=O) groups excluding carboxylic acids is 1. The van der Waals surface area contributed by atoms with Crippen LogP contribution in [0.2, 0.25) is 0 Å². The van der Waals surface area contributed by atoms with Gasteiger partial charge in [0.15, 0.2) is 0 Å². The van der Waals surface area contributed by atoms with Gasteiger partial charge in [-0.1, -0.05) is 48.5 Å². The second kappa shape index (κ2) is 9.34. The van der Waals surface area contributed by atoms with Crippen LogP contribution in [0.1, 0.15) is 18.4 Å². The second-order valence-electron chi connectivity index (χ2n) is 7.18. The molecule has 0 bridgehead atoms. The number of hydrogen-bond donors (Lipinski definition) is 1. The first kappa shape index (κ1) is 19.2. The highest BCUT2D eigenvalue weighted by Crippen LogP contribution is 2.27. The van der Waals surface area contributed by atoms with E-state index in [1.54, 1.807) is 0 Å². The van der Waals surface area contributed by atoms with Gasteiger partial charge in [-0.3, -0.25) is 4.79 Å². The summed E-state index contributed by atoms with van der Waals surface area (Å²) >= 11 is 0. The van der Waals surface area contributed by atoms with Crippen molar-refractivity contribution in [2.24, 2.45) is 5.92 Å². The molecule has 1 saturated heterocycles. The molecular formula is C24H25N3O2. The van der Waals surface area contributed by atoms with E-state index in [1.807, 2.05) is 54.7 Å². The minimum Gasteiger partial charge on any atom is -0.381 e. The Bertz CT molecular complexity index is 908. The predicted molar refractivity (Wildman–Crippen MR) is 115 cm³/mol. The fourth-order valence-electron chi connectivity index (χ4n) is 3.51. The third-order valence-electron chi connectivity index (χ3n) is 5.15. The molecule has 1 fully saturated rings. The van der Waals surface area contributed by atoms with Crippen LogP contribution in [0.5, 0.6) is 0 Å². The maximum Gasteiger partial charge on any atom is 0.228 e. The number of hydrogen-bond acceptors (Lipinski definition) is 4. The summed E-state index contributed by atoms with van der Waals surface area (Å²) in [4.78, 5) is 19.1. The first-order chi connectivity index (χ1) is 14.3. The minimum absolute atomic E-state index is 0.00382. The number of aromatic nitrogens is 1. The smallest absolute Gasteiger partial charge is 0.228 e. The summed E-state index contributed by atoms with van der Waals surface area (Å²) in [5.41, 5.74) is 3.29. The molecule has 1 N–H and O–H groups in total. The van der Waals surface area contributed by atoms with Gasteiger partial charge in [0.05, 0.1) is 11.9 Å². The quantitative estimate of drug-likeness (QED) is 0.661. The van der Waals surface area contributed by atoms with Crippen molar-refractivity contribution in [3.63, 3.8) is 0 Å².